The van der Waals surface area contributed by atoms with Crippen molar-refractivity contribution >= 4 is 5.82 Å². The van der Waals surface area contributed by atoms with Gasteiger partial charge in [-0.2, -0.15) is 0 Å². The molecule has 1 aliphatic rings. The van der Waals surface area contributed by atoms with Crippen LogP contribution in [0.15, 0.2) is 0 Å². The Kier molecular flexibility index (Phi) is 2.25. The van der Waals surface area contributed by atoms with Crippen molar-refractivity contribution in [2.45, 2.75) is 25.7 Å². The van der Waals surface area contributed by atoms with Gasteiger partial charge in [-0.25, -0.2) is 15.8 Å². The third-order valence-electron chi connectivity index (χ3n) is 2.34. The Balaban J connectivity index is 2.43. The third-order valence-corrected chi connectivity index (χ3v) is 2.34. The van der Waals surface area contributed by atoms with E-state index in [4.69, 9.17) is 10.6 Å². The smallest absolute Gasteiger partial charge is 0.186 e. The molecule has 0 aromatic carbocycles. The molecule has 0 saturated heterocycles. The van der Waals surface area contributed by atoms with Gasteiger partial charge in [0.15, 0.2) is 11.6 Å². The van der Waals surface area contributed by atoms with Gasteiger partial charge in [-0.15, -0.1) is 0 Å². The van der Waals surface area contributed by atoms with E-state index in [2.05, 4.69) is 15.4 Å². The number of anilines is 1. The standard InChI is InChI=1S/C9H14N4O/c1-5-7(14-2)9(13-10)12-8(11-5)6-3-4-6/h6H,3-4,10H2,1-2H3,(H,11,12,13). The summed E-state index contributed by atoms with van der Waals surface area (Å²) >= 11 is 0. The number of hydrogen-bond donors (Lipinski definition) is 2. The molecule has 0 unspecified atom stereocenters. The zero-order chi connectivity index (χ0) is 10.1. The second-order valence-corrected chi connectivity index (χ2v) is 3.47. The monoisotopic (exact) mass is 194 g/mol. The largest absolute Gasteiger partial charge is 0.491 e. The Morgan fingerprint density at radius 3 is 2.64 bits per heavy atom. The van der Waals surface area contributed by atoms with Crippen molar-refractivity contribution < 1.29 is 4.74 Å². The Morgan fingerprint density at radius 2 is 2.14 bits per heavy atom. The molecule has 0 bridgehead atoms. The fourth-order valence-corrected chi connectivity index (χ4v) is 1.45. The van der Waals surface area contributed by atoms with E-state index in [1.807, 2.05) is 6.92 Å². The minimum atomic E-state index is 0.520. The van der Waals surface area contributed by atoms with Crippen molar-refractivity contribution in [2.24, 2.45) is 5.84 Å². The molecule has 0 radical (unpaired) electrons. The van der Waals surface area contributed by atoms with Gasteiger partial charge in [-0.3, -0.25) is 0 Å². The molecule has 1 aromatic heterocycles. The molecule has 2 rings (SSSR count). The summed E-state index contributed by atoms with van der Waals surface area (Å²) in [7, 11) is 1.59. The van der Waals surface area contributed by atoms with Crippen molar-refractivity contribution in [1.29, 1.82) is 0 Å². The van der Waals surface area contributed by atoms with Gasteiger partial charge in [-0.1, -0.05) is 0 Å². The Bertz CT molecular complexity index is 349. The van der Waals surface area contributed by atoms with E-state index in [1.165, 1.54) is 12.8 Å². The summed E-state index contributed by atoms with van der Waals surface area (Å²) in [4.78, 5) is 8.70. The molecule has 1 heterocycles. The van der Waals surface area contributed by atoms with Crippen LogP contribution in [0.2, 0.25) is 0 Å². The molecule has 0 aliphatic heterocycles. The minimum absolute atomic E-state index is 0.520. The molecule has 1 aliphatic carbocycles. The zero-order valence-corrected chi connectivity index (χ0v) is 8.37. The summed E-state index contributed by atoms with van der Waals surface area (Å²) in [6.07, 6.45) is 2.35. The maximum atomic E-state index is 5.36. The number of rotatable bonds is 3. The van der Waals surface area contributed by atoms with E-state index >= 15 is 0 Å². The molecule has 1 aromatic rings. The molecular formula is C9H14N4O. The first-order chi connectivity index (χ1) is 6.76. The Hall–Kier alpha value is -1.36. The number of aryl methyl sites for hydroxylation is 1. The van der Waals surface area contributed by atoms with Crippen LogP contribution in [0, 0.1) is 6.92 Å². The second kappa shape index (κ2) is 3.42. The third kappa shape index (κ3) is 1.50. The molecule has 0 atom stereocenters. The lowest BCUT2D eigenvalue weighted by Crippen LogP contribution is -2.13. The number of nitrogens with zero attached hydrogens (tertiary/aromatic N) is 2. The van der Waals surface area contributed by atoms with Crippen molar-refractivity contribution in [2.75, 3.05) is 12.5 Å². The number of hydrogen-bond acceptors (Lipinski definition) is 5. The number of nitrogens with one attached hydrogen (secondary N) is 1. The molecule has 5 nitrogen and oxygen atoms in total. The van der Waals surface area contributed by atoms with Crippen LogP contribution in [0.5, 0.6) is 5.75 Å². The van der Waals surface area contributed by atoms with E-state index in [9.17, 15) is 0 Å². The topological polar surface area (TPSA) is 73.1 Å². The maximum Gasteiger partial charge on any atom is 0.186 e. The summed E-state index contributed by atoms with van der Waals surface area (Å²) in [5.74, 6) is 7.95. The molecule has 1 saturated carbocycles. The van der Waals surface area contributed by atoms with Gasteiger partial charge in [0, 0.05) is 5.92 Å². The number of ether oxygens (including phenoxy) is 1. The first-order valence-electron chi connectivity index (χ1n) is 4.65. The second-order valence-electron chi connectivity index (χ2n) is 3.47. The highest BCUT2D eigenvalue weighted by Crippen LogP contribution is 2.39. The Labute approximate surface area is 82.7 Å². The highest BCUT2D eigenvalue weighted by Gasteiger charge is 2.28. The first-order valence-corrected chi connectivity index (χ1v) is 4.65. The van der Waals surface area contributed by atoms with Crippen LogP contribution in [0.25, 0.3) is 0 Å². The number of methoxy groups -OCH3 is 1. The highest BCUT2D eigenvalue weighted by atomic mass is 16.5. The molecule has 0 amide bonds. The van der Waals surface area contributed by atoms with E-state index in [1.54, 1.807) is 7.11 Å². The van der Waals surface area contributed by atoms with Crippen LogP contribution in [0.4, 0.5) is 5.82 Å². The molecule has 5 heteroatoms. The molecular weight excluding hydrogens is 180 g/mol. The van der Waals surface area contributed by atoms with Gasteiger partial charge in [0.05, 0.1) is 12.8 Å². The first kappa shape index (κ1) is 9.21. The van der Waals surface area contributed by atoms with Crippen LogP contribution >= 0.6 is 0 Å². The van der Waals surface area contributed by atoms with Crippen LogP contribution in [-0.2, 0) is 0 Å². The highest BCUT2D eigenvalue weighted by molar-refractivity contribution is 5.51. The summed E-state index contributed by atoms with van der Waals surface area (Å²) in [5, 5.41) is 0. The summed E-state index contributed by atoms with van der Waals surface area (Å²) in [6.45, 7) is 1.90. The summed E-state index contributed by atoms with van der Waals surface area (Å²) in [6, 6.07) is 0. The van der Waals surface area contributed by atoms with Gasteiger partial charge in [-0.05, 0) is 19.8 Å². The van der Waals surface area contributed by atoms with Gasteiger partial charge in [0.25, 0.3) is 0 Å². The molecule has 3 N–H and O–H groups in total. The van der Waals surface area contributed by atoms with Crippen molar-refractivity contribution in [3.05, 3.63) is 11.5 Å². The van der Waals surface area contributed by atoms with Crippen molar-refractivity contribution in [3.8, 4) is 5.75 Å². The minimum Gasteiger partial charge on any atom is -0.491 e. The fraction of sp³-hybridized carbons (Fsp3) is 0.556. The van der Waals surface area contributed by atoms with E-state index in [0.29, 0.717) is 17.5 Å². The average molecular weight is 194 g/mol. The van der Waals surface area contributed by atoms with Gasteiger partial charge in [0.1, 0.15) is 5.82 Å². The van der Waals surface area contributed by atoms with Crippen LogP contribution in [-0.4, -0.2) is 17.1 Å². The van der Waals surface area contributed by atoms with Crippen molar-refractivity contribution in [1.82, 2.24) is 9.97 Å². The number of aromatic nitrogens is 2. The molecule has 76 valence electrons. The van der Waals surface area contributed by atoms with E-state index in [0.717, 1.165) is 11.5 Å². The number of nitrogen functional groups attached to an aromatic ring is 1. The van der Waals surface area contributed by atoms with Crippen LogP contribution < -0.4 is 16.0 Å². The van der Waals surface area contributed by atoms with E-state index in [-0.39, 0.29) is 0 Å². The molecule has 1 fully saturated rings. The predicted octanol–water partition coefficient (Wildman–Crippen LogP) is 0.957. The zero-order valence-electron chi connectivity index (χ0n) is 8.37. The summed E-state index contributed by atoms with van der Waals surface area (Å²) in [5.41, 5.74) is 3.37. The lowest BCUT2D eigenvalue weighted by Gasteiger charge is -2.10. The van der Waals surface area contributed by atoms with Gasteiger partial charge >= 0.3 is 0 Å². The van der Waals surface area contributed by atoms with Crippen molar-refractivity contribution in [3.63, 3.8) is 0 Å². The molecule has 14 heavy (non-hydrogen) atoms. The van der Waals surface area contributed by atoms with Gasteiger partial charge in [0.2, 0.25) is 0 Å². The normalized spacial score (nSPS) is 15.4. The lowest BCUT2D eigenvalue weighted by molar-refractivity contribution is 0.408. The van der Waals surface area contributed by atoms with Crippen LogP contribution in [0.1, 0.15) is 30.3 Å². The molecule has 0 spiro atoms. The van der Waals surface area contributed by atoms with E-state index < -0.39 is 0 Å². The SMILES string of the molecule is COc1c(C)nc(C2CC2)nc1NN. The average Bonchev–Trinajstić information content (AvgIpc) is 2.99. The number of nitrogens with two attached hydrogens (primary N) is 1. The maximum absolute atomic E-state index is 5.36. The summed E-state index contributed by atoms with van der Waals surface area (Å²) < 4.78 is 5.15. The fourth-order valence-electron chi connectivity index (χ4n) is 1.45. The quantitative estimate of drug-likeness (QED) is 0.553. The van der Waals surface area contributed by atoms with Crippen LogP contribution in [0.3, 0.4) is 0 Å². The predicted molar refractivity (Wildman–Crippen MR) is 53.1 cm³/mol. The number of hydrazine groups is 1. The van der Waals surface area contributed by atoms with Gasteiger partial charge < -0.3 is 10.2 Å². The Morgan fingerprint density at radius 1 is 1.43 bits per heavy atom. The lowest BCUT2D eigenvalue weighted by atomic mass is 10.3.